The predicted molar refractivity (Wildman–Crippen MR) is 92.0 cm³/mol. The fraction of sp³-hybridized carbons (Fsp3) is 0.526. The Morgan fingerprint density at radius 1 is 1.35 bits per heavy atom. The molecule has 1 saturated carbocycles. The van der Waals surface area contributed by atoms with Crippen LogP contribution in [0.1, 0.15) is 38.2 Å². The summed E-state index contributed by atoms with van der Waals surface area (Å²) in [6, 6.07) is 5.99. The third-order valence-corrected chi connectivity index (χ3v) is 4.42. The highest BCUT2D eigenvalue weighted by Crippen LogP contribution is 2.28. The Morgan fingerprint density at radius 2 is 2.13 bits per heavy atom. The van der Waals surface area contributed by atoms with Crippen LogP contribution in [0.4, 0.5) is 0 Å². The normalized spacial score (nSPS) is 20.6. The molecular weight excluding hydrogens is 290 g/mol. The second kappa shape index (κ2) is 8.61. The van der Waals surface area contributed by atoms with E-state index in [2.05, 4.69) is 18.8 Å². The standard InChI is InChI=1S/C19H27NO3/c1-4-7-15-10-11-17(18(12-15)22-3)23-13-19(21)20-16-9-6-5-8-14(16)2/h4,10-12,14,16H,1,5-9,13H2,2-3H3,(H,20,21). The molecule has 1 aliphatic rings. The fourth-order valence-electron chi connectivity index (χ4n) is 3.05. The molecule has 1 aromatic rings. The lowest BCUT2D eigenvalue weighted by atomic mass is 9.86. The van der Waals surface area contributed by atoms with Gasteiger partial charge in [-0.15, -0.1) is 6.58 Å². The van der Waals surface area contributed by atoms with E-state index in [0.717, 1.165) is 18.4 Å². The van der Waals surface area contributed by atoms with Gasteiger partial charge in [-0.1, -0.05) is 31.9 Å². The van der Waals surface area contributed by atoms with Gasteiger partial charge >= 0.3 is 0 Å². The number of ether oxygens (including phenoxy) is 2. The summed E-state index contributed by atoms with van der Waals surface area (Å²) in [5.41, 5.74) is 1.10. The minimum Gasteiger partial charge on any atom is -0.493 e. The van der Waals surface area contributed by atoms with E-state index >= 15 is 0 Å². The molecule has 0 heterocycles. The van der Waals surface area contributed by atoms with Crippen LogP contribution in [-0.2, 0) is 11.2 Å². The lowest BCUT2D eigenvalue weighted by molar-refractivity contribution is -0.124. The maximum Gasteiger partial charge on any atom is 0.258 e. The van der Waals surface area contributed by atoms with Crippen LogP contribution in [0.3, 0.4) is 0 Å². The maximum atomic E-state index is 12.1. The molecule has 4 nitrogen and oxygen atoms in total. The van der Waals surface area contributed by atoms with E-state index in [1.54, 1.807) is 7.11 Å². The molecule has 1 N–H and O–H groups in total. The van der Waals surface area contributed by atoms with E-state index in [-0.39, 0.29) is 18.6 Å². The van der Waals surface area contributed by atoms with E-state index < -0.39 is 0 Å². The van der Waals surface area contributed by atoms with E-state index in [0.29, 0.717) is 17.4 Å². The fourth-order valence-corrected chi connectivity index (χ4v) is 3.05. The maximum absolute atomic E-state index is 12.1. The molecule has 0 spiro atoms. The summed E-state index contributed by atoms with van der Waals surface area (Å²) in [6.07, 6.45) is 7.31. The van der Waals surface area contributed by atoms with Crippen molar-refractivity contribution in [3.8, 4) is 11.5 Å². The molecule has 1 amide bonds. The lowest BCUT2D eigenvalue weighted by Gasteiger charge is -2.29. The minimum absolute atomic E-state index is 0.0143. The Balaban J connectivity index is 1.89. The van der Waals surface area contributed by atoms with Crippen molar-refractivity contribution in [2.75, 3.05) is 13.7 Å². The van der Waals surface area contributed by atoms with Gasteiger partial charge in [-0.05, 0) is 42.9 Å². The lowest BCUT2D eigenvalue weighted by Crippen LogP contribution is -2.43. The molecule has 1 aromatic carbocycles. The zero-order valence-corrected chi connectivity index (χ0v) is 14.1. The van der Waals surface area contributed by atoms with Crippen LogP contribution in [0.25, 0.3) is 0 Å². The number of rotatable bonds is 7. The molecule has 0 bridgehead atoms. The third-order valence-electron chi connectivity index (χ3n) is 4.42. The molecule has 1 aliphatic carbocycles. The number of amides is 1. The van der Waals surface area contributed by atoms with Gasteiger partial charge in [0.05, 0.1) is 7.11 Å². The monoisotopic (exact) mass is 317 g/mol. The minimum atomic E-state index is -0.0685. The predicted octanol–water partition coefficient (Wildman–Crippen LogP) is 3.50. The van der Waals surface area contributed by atoms with Gasteiger partial charge in [-0.25, -0.2) is 0 Å². The molecule has 2 rings (SSSR count). The van der Waals surface area contributed by atoms with Crippen molar-refractivity contribution in [1.29, 1.82) is 0 Å². The van der Waals surface area contributed by atoms with Gasteiger partial charge in [0.25, 0.3) is 5.91 Å². The van der Waals surface area contributed by atoms with Crippen LogP contribution in [-0.4, -0.2) is 25.7 Å². The van der Waals surface area contributed by atoms with Crippen molar-refractivity contribution < 1.29 is 14.3 Å². The molecule has 126 valence electrons. The number of carbonyl (C=O) groups is 1. The third kappa shape index (κ3) is 5.02. The molecule has 4 heteroatoms. The summed E-state index contributed by atoms with van der Waals surface area (Å²) in [6.45, 7) is 5.94. The Bertz CT molecular complexity index is 541. The van der Waals surface area contributed by atoms with Crippen LogP contribution in [0.2, 0.25) is 0 Å². The quantitative estimate of drug-likeness (QED) is 0.783. The zero-order valence-electron chi connectivity index (χ0n) is 14.1. The van der Waals surface area contributed by atoms with Gasteiger partial charge in [0, 0.05) is 6.04 Å². The first-order valence-electron chi connectivity index (χ1n) is 8.34. The van der Waals surface area contributed by atoms with Crippen LogP contribution >= 0.6 is 0 Å². The summed E-state index contributed by atoms with van der Waals surface area (Å²) in [7, 11) is 1.60. The summed E-state index contributed by atoms with van der Waals surface area (Å²) in [4.78, 5) is 12.1. The average molecular weight is 317 g/mol. The highest BCUT2D eigenvalue weighted by molar-refractivity contribution is 5.78. The molecule has 0 radical (unpaired) electrons. The molecule has 2 unspecified atom stereocenters. The van der Waals surface area contributed by atoms with Crippen molar-refractivity contribution in [2.45, 2.75) is 45.1 Å². The smallest absolute Gasteiger partial charge is 0.258 e. The molecule has 23 heavy (non-hydrogen) atoms. The Labute approximate surface area is 138 Å². The van der Waals surface area contributed by atoms with Gasteiger partial charge in [0.1, 0.15) is 0 Å². The molecule has 0 aromatic heterocycles. The van der Waals surface area contributed by atoms with Gasteiger partial charge in [-0.2, -0.15) is 0 Å². The second-order valence-electron chi connectivity index (χ2n) is 6.20. The number of allylic oxidation sites excluding steroid dienone is 1. The molecule has 0 saturated heterocycles. The van der Waals surface area contributed by atoms with Gasteiger partial charge < -0.3 is 14.8 Å². The van der Waals surface area contributed by atoms with Crippen molar-refractivity contribution in [1.82, 2.24) is 5.32 Å². The van der Waals surface area contributed by atoms with E-state index in [4.69, 9.17) is 9.47 Å². The van der Waals surface area contributed by atoms with Crippen LogP contribution in [0, 0.1) is 5.92 Å². The van der Waals surface area contributed by atoms with Crippen LogP contribution < -0.4 is 14.8 Å². The highest BCUT2D eigenvalue weighted by atomic mass is 16.5. The van der Waals surface area contributed by atoms with Gasteiger partial charge in [0.2, 0.25) is 0 Å². The zero-order chi connectivity index (χ0) is 16.7. The van der Waals surface area contributed by atoms with Crippen LogP contribution in [0.5, 0.6) is 11.5 Å². The first kappa shape index (κ1) is 17.4. The van der Waals surface area contributed by atoms with Crippen LogP contribution in [0.15, 0.2) is 30.9 Å². The van der Waals surface area contributed by atoms with E-state index in [1.807, 2.05) is 24.3 Å². The number of benzene rings is 1. The number of carbonyl (C=O) groups excluding carboxylic acids is 1. The van der Waals surface area contributed by atoms with Gasteiger partial charge in [0.15, 0.2) is 18.1 Å². The summed E-state index contributed by atoms with van der Waals surface area (Å²) in [5.74, 6) is 1.71. The number of hydrogen-bond donors (Lipinski definition) is 1. The first-order valence-corrected chi connectivity index (χ1v) is 8.34. The molecule has 2 atom stereocenters. The largest absolute Gasteiger partial charge is 0.493 e. The number of nitrogens with one attached hydrogen (secondary N) is 1. The van der Waals surface area contributed by atoms with E-state index in [9.17, 15) is 4.79 Å². The Hall–Kier alpha value is -1.97. The second-order valence-corrected chi connectivity index (χ2v) is 6.20. The summed E-state index contributed by atoms with van der Waals surface area (Å²) >= 11 is 0. The Morgan fingerprint density at radius 3 is 2.83 bits per heavy atom. The molecule has 0 aliphatic heterocycles. The first-order chi connectivity index (χ1) is 11.1. The summed E-state index contributed by atoms with van der Waals surface area (Å²) < 4.78 is 11.0. The SMILES string of the molecule is C=CCc1ccc(OCC(=O)NC2CCCCC2C)c(OC)c1. The van der Waals surface area contributed by atoms with E-state index in [1.165, 1.54) is 19.3 Å². The number of hydrogen-bond acceptors (Lipinski definition) is 3. The molecule has 1 fully saturated rings. The van der Waals surface area contributed by atoms with Crippen molar-refractivity contribution in [3.05, 3.63) is 36.4 Å². The molecular formula is C19H27NO3. The Kier molecular flexibility index (Phi) is 6.51. The summed E-state index contributed by atoms with van der Waals surface area (Å²) in [5, 5.41) is 3.09. The van der Waals surface area contributed by atoms with Gasteiger partial charge in [-0.3, -0.25) is 4.79 Å². The number of methoxy groups -OCH3 is 1. The van der Waals surface area contributed by atoms with Crippen molar-refractivity contribution in [2.24, 2.45) is 5.92 Å². The van der Waals surface area contributed by atoms with Crippen molar-refractivity contribution in [3.63, 3.8) is 0 Å². The highest BCUT2D eigenvalue weighted by Gasteiger charge is 2.22. The average Bonchev–Trinajstić information content (AvgIpc) is 2.56. The topological polar surface area (TPSA) is 47.6 Å². The van der Waals surface area contributed by atoms with Crippen molar-refractivity contribution >= 4 is 5.91 Å².